The highest BCUT2D eigenvalue weighted by atomic mass is 31.2. The molecule has 296 valence electrons. The maximum absolute atomic E-state index is 14.8. The zero-order chi connectivity index (χ0) is 41.0. The summed E-state index contributed by atoms with van der Waals surface area (Å²) < 4.78 is 62.0. The number of rotatable bonds is 14. The predicted octanol–water partition coefficient (Wildman–Crippen LogP) is 9.36. The van der Waals surface area contributed by atoms with Crippen LogP contribution in [-0.4, -0.2) is 49.7 Å². The molecule has 57 heavy (non-hydrogen) atoms. The van der Waals surface area contributed by atoms with Crippen LogP contribution in [0.3, 0.4) is 0 Å². The van der Waals surface area contributed by atoms with Gasteiger partial charge in [-0.1, -0.05) is 84.1 Å². The summed E-state index contributed by atoms with van der Waals surface area (Å²) in [6.45, 7) is 9.10. The topological polar surface area (TPSA) is 139 Å². The molecular weight excluding hydrogens is 755 g/mol. The Labute approximate surface area is 328 Å². The smallest absolute Gasteiger partial charge is 0.442 e. The first-order valence-corrected chi connectivity index (χ1v) is 19.8. The fourth-order valence-electron chi connectivity index (χ4n) is 6.26. The van der Waals surface area contributed by atoms with Gasteiger partial charge in [0, 0.05) is 6.42 Å². The number of ether oxygens (including phenoxy) is 3. The van der Waals surface area contributed by atoms with E-state index in [9.17, 15) is 27.8 Å². The van der Waals surface area contributed by atoms with E-state index in [0.717, 1.165) is 0 Å². The van der Waals surface area contributed by atoms with Gasteiger partial charge in [0.1, 0.15) is 29.2 Å². The molecule has 0 fully saturated rings. The second-order valence-corrected chi connectivity index (χ2v) is 16.3. The number of fused-ring (bicyclic) bond motifs is 1. The van der Waals surface area contributed by atoms with E-state index in [0.29, 0.717) is 50.2 Å². The van der Waals surface area contributed by atoms with Crippen molar-refractivity contribution in [3.8, 4) is 22.6 Å². The lowest BCUT2D eigenvalue weighted by Gasteiger charge is -2.33. The van der Waals surface area contributed by atoms with Crippen LogP contribution >= 0.6 is 7.60 Å². The first-order chi connectivity index (χ1) is 27.1. The molecule has 0 aliphatic heterocycles. The molecule has 2 atom stereocenters. The number of halogens is 2. The molecule has 14 heteroatoms. The van der Waals surface area contributed by atoms with Crippen molar-refractivity contribution >= 4 is 30.6 Å². The van der Waals surface area contributed by atoms with Crippen molar-refractivity contribution in [1.82, 2.24) is 15.0 Å². The SMILES string of the molecule is CC(C)Oc1ccc(C(=O)OC(C)(C)C)c(-c2ccc(COC(=O)C(Cc3ccc(OP(=O)(O)C(F)F)cc3)(c3ccccc3)n3nnc4ccccc43)cc2)c1. The quantitative estimate of drug-likeness (QED) is 0.0838. The van der Waals surface area contributed by atoms with Crippen LogP contribution < -0.4 is 9.26 Å². The third-order valence-electron chi connectivity index (χ3n) is 8.79. The first-order valence-electron chi connectivity index (χ1n) is 18.1. The average molecular weight is 798 g/mol. The predicted molar refractivity (Wildman–Crippen MR) is 210 cm³/mol. The summed E-state index contributed by atoms with van der Waals surface area (Å²) in [4.78, 5) is 37.6. The Hall–Kier alpha value is -5.91. The number of nitrogens with zero attached hydrogens (tertiary/aromatic N) is 3. The van der Waals surface area contributed by atoms with Crippen LogP contribution in [0.5, 0.6) is 11.5 Å². The van der Waals surface area contributed by atoms with Crippen LogP contribution in [-0.2, 0) is 37.4 Å². The number of aromatic nitrogens is 3. The zero-order valence-corrected chi connectivity index (χ0v) is 32.9. The van der Waals surface area contributed by atoms with Gasteiger partial charge >= 0.3 is 25.7 Å². The van der Waals surface area contributed by atoms with E-state index in [4.69, 9.17) is 18.7 Å². The molecule has 0 radical (unpaired) electrons. The van der Waals surface area contributed by atoms with Crippen LogP contribution in [0.15, 0.2) is 121 Å². The highest BCUT2D eigenvalue weighted by molar-refractivity contribution is 7.53. The molecule has 0 spiro atoms. The van der Waals surface area contributed by atoms with Crippen LogP contribution in [0.25, 0.3) is 22.2 Å². The van der Waals surface area contributed by atoms with E-state index in [1.54, 1.807) is 99.6 Å². The van der Waals surface area contributed by atoms with Crippen molar-refractivity contribution in [1.29, 1.82) is 0 Å². The van der Waals surface area contributed by atoms with Gasteiger partial charge < -0.3 is 23.6 Å². The summed E-state index contributed by atoms with van der Waals surface area (Å²) in [6.07, 6.45) is -3.72. The lowest BCUT2D eigenvalue weighted by atomic mass is 9.83. The Kier molecular flexibility index (Phi) is 11.9. The third-order valence-corrected chi connectivity index (χ3v) is 9.75. The molecule has 0 amide bonds. The van der Waals surface area contributed by atoms with Crippen molar-refractivity contribution in [2.45, 2.75) is 71.1 Å². The number of hydrogen-bond acceptors (Lipinski definition) is 9. The fourth-order valence-corrected chi connectivity index (χ4v) is 6.77. The Morgan fingerprint density at radius 3 is 2.11 bits per heavy atom. The van der Waals surface area contributed by atoms with Crippen molar-refractivity contribution in [3.63, 3.8) is 0 Å². The number of carbonyl (C=O) groups is 2. The molecule has 0 aliphatic rings. The van der Waals surface area contributed by atoms with Gasteiger partial charge in [-0.2, -0.15) is 8.78 Å². The molecular formula is C43H42F2N3O8P. The largest absolute Gasteiger partial charge is 0.491 e. The van der Waals surface area contributed by atoms with Crippen LogP contribution in [0.2, 0.25) is 0 Å². The standard InChI is InChI=1S/C43H42F2N3O8P/c1-28(2)54-34-23-24-35(39(49)55-42(3,4)5)36(25-34)31-19-15-30(16-20-31)27-53-40(50)43(32-11-7-6-8-12-32,48-38-14-10-9-13-37(38)46-47-48)26-29-17-21-33(22-18-29)56-57(51,52)41(44)45/h6-25,28,41H,26-27H2,1-5H3,(H,51,52). The number of para-hydroxylation sites is 1. The fraction of sp³-hybridized carbons (Fsp3) is 0.256. The minimum Gasteiger partial charge on any atom is -0.491 e. The highest BCUT2D eigenvalue weighted by Crippen LogP contribution is 2.49. The maximum Gasteiger partial charge on any atom is 0.442 e. The number of alkyl halides is 2. The maximum atomic E-state index is 14.8. The van der Waals surface area contributed by atoms with Crippen LogP contribution in [0, 0.1) is 0 Å². The van der Waals surface area contributed by atoms with E-state index in [2.05, 4.69) is 10.3 Å². The second-order valence-electron chi connectivity index (χ2n) is 14.6. The highest BCUT2D eigenvalue weighted by Gasteiger charge is 2.46. The molecule has 2 unspecified atom stereocenters. The number of benzene rings is 5. The van der Waals surface area contributed by atoms with Gasteiger partial charge in [0.2, 0.25) is 0 Å². The van der Waals surface area contributed by atoms with Gasteiger partial charge in [-0.05, 0) is 105 Å². The first kappa shape index (κ1) is 40.7. The summed E-state index contributed by atoms with van der Waals surface area (Å²) in [6, 6.07) is 34.1. The molecule has 11 nitrogen and oxygen atoms in total. The van der Waals surface area contributed by atoms with E-state index >= 15 is 0 Å². The molecule has 1 aromatic heterocycles. The number of esters is 2. The lowest BCUT2D eigenvalue weighted by molar-refractivity contribution is -0.154. The van der Waals surface area contributed by atoms with Crippen molar-refractivity contribution < 1.29 is 46.6 Å². The summed E-state index contributed by atoms with van der Waals surface area (Å²) in [5.41, 5.74) is 2.13. The van der Waals surface area contributed by atoms with Gasteiger partial charge in [-0.15, -0.1) is 5.10 Å². The number of carbonyl (C=O) groups excluding carboxylic acids is 2. The lowest BCUT2D eigenvalue weighted by Crippen LogP contribution is -2.47. The van der Waals surface area contributed by atoms with Gasteiger partial charge in [-0.3, -0.25) is 0 Å². The van der Waals surface area contributed by atoms with E-state index in [1.165, 1.54) is 28.9 Å². The number of hydrogen-bond donors (Lipinski definition) is 1. The normalized spacial score (nSPS) is 13.9. The average Bonchev–Trinajstić information content (AvgIpc) is 3.61. The molecule has 0 aliphatic carbocycles. The summed E-state index contributed by atoms with van der Waals surface area (Å²) in [5.74, 6) is -0.804. The summed E-state index contributed by atoms with van der Waals surface area (Å²) in [5, 5.41) is 8.79. The van der Waals surface area contributed by atoms with Crippen LogP contribution in [0.1, 0.15) is 61.7 Å². The van der Waals surface area contributed by atoms with Crippen LogP contribution in [0.4, 0.5) is 8.78 Å². The summed E-state index contributed by atoms with van der Waals surface area (Å²) >= 11 is 0. The monoisotopic (exact) mass is 797 g/mol. The van der Waals surface area contributed by atoms with Gasteiger partial charge in [0.15, 0.2) is 5.54 Å². The van der Waals surface area contributed by atoms with E-state index < -0.39 is 36.8 Å². The Morgan fingerprint density at radius 2 is 1.46 bits per heavy atom. The summed E-state index contributed by atoms with van der Waals surface area (Å²) in [7, 11) is -5.21. The third kappa shape index (κ3) is 9.39. The molecule has 5 aromatic carbocycles. The molecule has 6 aromatic rings. The van der Waals surface area contributed by atoms with Crippen molar-refractivity contribution in [2.24, 2.45) is 0 Å². The van der Waals surface area contributed by atoms with Gasteiger partial charge in [-0.25, -0.2) is 18.8 Å². The molecule has 0 bridgehead atoms. The van der Waals surface area contributed by atoms with Gasteiger partial charge in [0.25, 0.3) is 0 Å². The van der Waals surface area contributed by atoms with Crippen molar-refractivity contribution in [2.75, 3.05) is 0 Å². The Morgan fingerprint density at radius 1 is 0.825 bits per heavy atom. The Bertz CT molecular complexity index is 2400. The molecule has 0 saturated carbocycles. The molecule has 6 rings (SSSR count). The minimum atomic E-state index is -5.21. The minimum absolute atomic E-state index is 0.0454. The molecule has 1 heterocycles. The molecule has 1 N–H and O–H groups in total. The van der Waals surface area contributed by atoms with E-state index in [-0.39, 0.29) is 24.9 Å². The second kappa shape index (κ2) is 16.7. The molecule has 0 saturated heterocycles. The van der Waals surface area contributed by atoms with Gasteiger partial charge in [0.05, 0.1) is 17.2 Å². The Balaban J connectivity index is 1.35. The zero-order valence-electron chi connectivity index (χ0n) is 32.0. The van der Waals surface area contributed by atoms with E-state index in [1.807, 2.05) is 32.0 Å². The van der Waals surface area contributed by atoms with Crippen molar-refractivity contribution in [3.05, 3.63) is 144 Å².